The van der Waals surface area contributed by atoms with E-state index in [0.29, 0.717) is 10.7 Å². The largest absolute Gasteiger partial charge is 0.484 e. The summed E-state index contributed by atoms with van der Waals surface area (Å²) in [6.45, 7) is 8.20. The molecule has 0 heterocycles. The molecule has 0 saturated carbocycles. The van der Waals surface area contributed by atoms with E-state index in [1.165, 1.54) is 0 Å². The van der Waals surface area contributed by atoms with Gasteiger partial charge in [0.2, 0.25) is 0 Å². The molecule has 1 amide bonds. The average molecular weight is 294 g/mol. The zero-order valence-electron chi connectivity index (χ0n) is 12.4. The van der Waals surface area contributed by atoms with E-state index in [4.69, 9.17) is 22.7 Å². The van der Waals surface area contributed by atoms with Crippen molar-refractivity contribution in [2.75, 3.05) is 6.61 Å². The third-order valence-electron chi connectivity index (χ3n) is 3.19. The molecule has 1 rings (SSSR count). The first-order valence-electron chi connectivity index (χ1n) is 6.52. The van der Waals surface area contributed by atoms with E-state index in [2.05, 4.69) is 26.1 Å². The first-order valence-corrected chi connectivity index (χ1v) is 6.93. The predicted octanol–water partition coefficient (Wildman–Crippen LogP) is 2.25. The van der Waals surface area contributed by atoms with Gasteiger partial charge in [0.05, 0.1) is 0 Å². The Morgan fingerprint density at radius 2 is 1.90 bits per heavy atom. The maximum absolute atomic E-state index is 11.8. The maximum Gasteiger partial charge on any atom is 0.258 e. The van der Waals surface area contributed by atoms with E-state index >= 15 is 0 Å². The van der Waals surface area contributed by atoms with Gasteiger partial charge in [-0.05, 0) is 36.6 Å². The molecule has 0 saturated heterocycles. The molecule has 20 heavy (non-hydrogen) atoms. The van der Waals surface area contributed by atoms with Crippen LogP contribution < -0.4 is 15.8 Å². The average Bonchev–Trinajstić information content (AvgIpc) is 2.35. The standard InChI is InChI=1S/C15H22N2O2S/c1-10(15(2,3)4)17-13(18)9-19-12-7-5-11(6-8-12)14(16)20/h5-8,10H,9H2,1-4H3,(H2,16,20)(H,17,18). The molecule has 0 spiro atoms. The van der Waals surface area contributed by atoms with Crippen LogP contribution in [0, 0.1) is 5.41 Å². The number of hydrogen-bond acceptors (Lipinski definition) is 3. The lowest BCUT2D eigenvalue weighted by atomic mass is 9.88. The zero-order valence-corrected chi connectivity index (χ0v) is 13.2. The SMILES string of the molecule is CC(NC(=O)COc1ccc(C(N)=S)cc1)C(C)(C)C. The summed E-state index contributed by atoms with van der Waals surface area (Å²) < 4.78 is 5.42. The number of carbonyl (C=O) groups excluding carboxylic acids is 1. The fourth-order valence-electron chi connectivity index (χ4n) is 1.36. The summed E-state index contributed by atoms with van der Waals surface area (Å²) in [5, 5.41) is 2.91. The molecular weight excluding hydrogens is 272 g/mol. The molecule has 1 aromatic carbocycles. The smallest absolute Gasteiger partial charge is 0.258 e. The van der Waals surface area contributed by atoms with Gasteiger partial charge in [-0.15, -0.1) is 0 Å². The van der Waals surface area contributed by atoms with Crippen molar-refractivity contribution in [1.82, 2.24) is 5.32 Å². The van der Waals surface area contributed by atoms with Crippen LogP contribution >= 0.6 is 12.2 Å². The molecule has 0 fully saturated rings. The number of rotatable bonds is 5. The molecule has 0 aromatic heterocycles. The van der Waals surface area contributed by atoms with Crippen molar-refractivity contribution in [2.24, 2.45) is 11.1 Å². The predicted molar refractivity (Wildman–Crippen MR) is 84.9 cm³/mol. The van der Waals surface area contributed by atoms with Gasteiger partial charge in [0.15, 0.2) is 6.61 Å². The maximum atomic E-state index is 11.8. The summed E-state index contributed by atoms with van der Waals surface area (Å²) >= 11 is 4.87. The van der Waals surface area contributed by atoms with E-state index in [0.717, 1.165) is 5.56 Å². The minimum Gasteiger partial charge on any atom is -0.484 e. The first kappa shape index (κ1) is 16.4. The van der Waals surface area contributed by atoms with Crippen LogP contribution in [0.15, 0.2) is 24.3 Å². The first-order chi connectivity index (χ1) is 9.20. The lowest BCUT2D eigenvalue weighted by Gasteiger charge is -2.28. The Bertz CT molecular complexity index is 478. The van der Waals surface area contributed by atoms with Crippen molar-refractivity contribution in [1.29, 1.82) is 0 Å². The molecule has 0 aliphatic rings. The number of nitrogens with one attached hydrogen (secondary N) is 1. The van der Waals surface area contributed by atoms with Crippen molar-refractivity contribution in [3.05, 3.63) is 29.8 Å². The Labute approximate surface area is 125 Å². The third kappa shape index (κ3) is 5.17. The number of carbonyl (C=O) groups is 1. The molecule has 110 valence electrons. The highest BCUT2D eigenvalue weighted by Gasteiger charge is 2.21. The second-order valence-electron chi connectivity index (χ2n) is 5.83. The summed E-state index contributed by atoms with van der Waals surface area (Å²) in [5.41, 5.74) is 6.31. The van der Waals surface area contributed by atoms with Gasteiger partial charge in [0, 0.05) is 11.6 Å². The van der Waals surface area contributed by atoms with Crippen molar-refractivity contribution in [3.63, 3.8) is 0 Å². The van der Waals surface area contributed by atoms with Gasteiger partial charge in [0.1, 0.15) is 10.7 Å². The van der Waals surface area contributed by atoms with Crippen molar-refractivity contribution in [3.8, 4) is 5.75 Å². The molecule has 4 nitrogen and oxygen atoms in total. The van der Waals surface area contributed by atoms with Gasteiger partial charge in [-0.1, -0.05) is 33.0 Å². The fourth-order valence-corrected chi connectivity index (χ4v) is 1.50. The van der Waals surface area contributed by atoms with Crippen LogP contribution in [0.4, 0.5) is 0 Å². The number of nitrogens with two attached hydrogens (primary N) is 1. The Morgan fingerprint density at radius 1 is 1.35 bits per heavy atom. The molecule has 5 heteroatoms. The van der Waals surface area contributed by atoms with Gasteiger partial charge in [-0.3, -0.25) is 4.79 Å². The van der Waals surface area contributed by atoms with Crippen LogP contribution in [0.25, 0.3) is 0 Å². The fraction of sp³-hybridized carbons (Fsp3) is 0.467. The Kier molecular flexibility index (Phi) is 5.51. The van der Waals surface area contributed by atoms with Crippen LogP contribution in [0.1, 0.15) is 33.3 Å². The van der Waals surface area contributed by atoms with E-state index in [1.807, 2.05) is 6.92 Å². The van der Waals surface area contributed by atoms with E-state index in [1.54, 1.807) is 24.3 Å². The number of thiocarbonyl (C=S) groups is 1. The molecule has 0 aliphatic heterocycles. The van der Waals surface area contributed by atoms with Gasteiger partial charge in [-0.2, -0.15) is 0 Å². The third-order valence-corrected chi connectivity index (χ3v) is 3.42. The van der Waals surface area contributed by atoms with Gasteiger partial charge in [-0.25, -0.2) is 0 Å². The normalized spacial score (nSPS) is 12.6. The highest BCUT2D eigenvalue weighted by molar-refractivity contribution is 7.80. The number of ether oxygens (including phenoxy) is 1. The minimum atomic E-state index is -0.133. The second kappa shape index (κ2) is 6.70. The van der Waals surface area contributed by atoms with Gasteiger partial charge in [0.25, 0.3) is 5.91 Å². The molecule has 1 unspecified atom stereocenters. The minimum absolute atomic E-state index is 0.00711. The van der Waals surface area contributed by atoms with E-state index < -0.39 is 0 Å². The molecular formula is C15H22N2O2S. The molecule has 1 atom stereocenters. The van der Waals surface area contributed by atoms with Crippen LogP contribution in [-0.2, 0) is 4.79 Å². The summed E-state index contributed by atoms with van der Waals surface area (Å²) in [5.74, 6) is 0.481. The second-order valence-corrected chi connectivity index (χ2v) is 6.27. The highest BCUT2D eigenvalue weighted by atomic mass is 32.1. The van der Waals surface area contributed by atoms with Crippen LogP contribution in [0.2, 0.25) is 0 Å². The Hall–Kier alpha value is -1.62. The van der Waals surface area contributed by atoms with E-state index in [-0.39, 0.29) is 24.0 Å². The van der Waals surface area contributed by atoms with E-state index in [9.17, 15) is 4.79 Å². The number of benzene rings is 1. The molecule has 0 radical (unpaired) electrons. The lowest BCUT2D eigenvalue weighted by Crippen LogP contribution is -2.43. The van der Waals surface area contributed by atoms with Crippen LogP contribution in [-0.4, -0.2) is 23.5 Å². The summed E-state index contributed by atoms with van der Waals surface area (Å²) in [4.78, 5) is 12.1. The monoisotopic (exact) mass is 294 g/mol. The molecule has 3 N–H and O–H groups in total. The lowest BCUT2D eigenvalue weighted by molar-refractivity contribution is -0.124. The zero-order chi connectivity index (χ0) is 15.3. The topological polar surface area (TPSA) is 64.3 Å². The Balaban J connectivity index is 2.47. The van der Waals surface area contributed by atoms with Crippen LogP contribution in [0.5, 0.6) is 5.75 Å². The van der Waals surface area contributed by atoms with Crippen LogP contribution in [0.3, 0.4) is 0 Å². The quantitative estimate of drug-likeness (QED) is 0.818. The highest BCUT2D eigenvalue weighted by Crippen LogP contribution is 2.18. The Morgan fingerprint density at radius 3 is 2.35 bits per heavy atom. The van der Waals surface area contributed by atoms with Crippen molar-refractivity contribution < 1.29 is 9.53 Å². The van der Waals surface area contributed by atoms with Gasteiger partial charge < -0.3 is 15.8 Å². The molecule has 0 aliphatic carbocycles. The summed E-state index contributed by atoms with van der Waals surface area (Å²) in [6, 6.07) is 7.11. The number of amides is 1. The van der Waals surface area contributed by atoms with Crippen molar-refractivity contribution >= 4 is 23.1 Å². The van der Waals surface area contributed by atoms with Gasteiger partial charge >= 0.3 is 0 Å². The molecule has 0 bridgehead atoms. The van der Waals surface area contributed by atoms with Crippen molar-refractivity contribution in [2.45, 2.75) is 33.7 Å². The number of hydrogen-bond donors (Lipinski definition) is 2. The summed E-state index contributed by atoms with van der Waals surface area (Å²) in [7, 11) is 0. The summed E-state index contributed by atoms with van der Waals surface area (Å²) in [6.07, 6.45) is 0. The molecule has 1 aromatic rings.